The second-order valence-corrected chi connectivity index (χ2v) is 5.70. The first-order valence-corrected chi connectivity index (χ1v) is 7.60. The van der Waals surface area contributed by atoms with E-state index in [1.165, 1.54) is 12.1 Å². The van der Waals surface area contributed by atoms with Crippen molar-refractivity contribution in [3.05, 3.63) is 69.8 Å². The van der Waals surface area contributed by atoms with Crippen LogP contribution in [0.4, 0.5) is 4.39 Å². The lowest BCUT2D eigenvalue weighted by Crippen LogP contribution is -2.24. The van der Waals surface area contributed by atoms with Gasteiger partial charge >= 0.3 is 0 Å². The number of nitrogens with zero attached hydrogens (tertiary/aromatic N) is 2. The number of hydrogen-bond donors (Lipinski definition) is 1. The molecule has 3 rings (SSSR count). The third kappa shape index (κ3) is 3.72. The molecule has 8 heteroatoms. The maximum Gasteiger partial charge on any atom is 0.254 e. The van der Waals surface area contributed by atoms with Crippen LogP contribution in [0.3, 0.4) is 0 Å². The Morgan fingerprint density at radius 1 is 1.17 bits per heavy atom. The van der Waals surface area contributed by atoms with Crippen LogP contribution < -0.4 is 5.32 Å². The highest BCUT2D eigenvalue weighted by Gasteiger charge is 2.14. The van der Waals surface area contributed by atoms with Crippen molar-refractivity contribution in [2.24, 2.45) is 0 Å². The molecule has 0 atom stereocenters. The Morgan fingerprint density at radius 3 is 2.71 bits per heavy atom. The predicted molar refractivity (Wildman–Crippen MR) is 87.3 cm³/mol. The largest absolute Gasteiger partial charge is 0.343 e. The first-order valence-electron chi connectivity index (χ1n) is 6.85. The molecular weight excluding hydrogens is 356 g/mol. The summed E-state index contributed by atoms with van der Waals surface area (Å²) < 4.78 is 18.7. The van der Waals surface area contributed by atoms with Crippen LogP contribution >= 0.6 is 23.2 Å². The summed E-state index contributed by atoms with van der Waals surface area (Å²) in [6.45, 7) is -0.0333. The fourth-order valence-corrected chi connectivity index (χ4v) is 2.35. The standard InChI is InChI=1S/C16H10Cl2FN3O2/c17-10-3-1-2-9(6-10)15-21-14(24-22-15)8-20-16(23)12-5-4-11(18)7-13(12)19/h1-7H,8H2,(H,20,23). The SMILES string of the molecule is O=C(NCc1nc(-c2cccc(Cl)c2)no1)c1ccc(Cl)cc1F. The van der Waals surface area contributed by atoms with E-state index in [-0.39, 0.29) is 23.0 Å². The first kappa shape index (κ1) is 16.4. The molecule has 0 fully saturated rings. The van der Waals surface area contributed by atoms with Gasteiger partial charge in [-0.2, -0.15) is 4.98 Å². The molecule has 0 aliphatic carbocycles. The van der Waals surface area contributed by atoms with Crippen molar-refractivity contribution in [1.29, 1.82) is 0 Å². The number of hydrogen-bond acceptors (Lipinski definition) is 4. The van der Waals surface area contributed by atoms with E-state index < -0.39 is 11.7 Å². The molecule has 3 aromatic rings. The van der Waals surface area contributed by atoms with E-state index in [9.17, 15) is 9.18 Å². The van der Waals surface area contributed by atoms with Gasteiger partial charge in [-0.25, -0.2) is 4.39 Å². The molecule has 0 radical (unpaired) electrons. The molecule has 0 aliphatic heterocycles. The van der Waals surface area contributed by atoms with Gasteiger partial charge in [-0.15, -0.1) is 0 Å². The van der Waals surface area contributed by atoms with Crippen molar-refractivity contribution in [2.75, 3.05) is 0 Å². The molecule has 0 aliphatic rings. The Morgan fingerprint density at radius 2 is 1.96 bits per heavy atom. The van der Waals surface area contributed by atoms with E-state index in [1.807, 2.05) is 0 Å². The summed E-state index contributed by atoms with van der Waals surface area (Å²) in [7, 11) is 0. The number of benzene rings is 2. The topological polar surface area (TPSA) is 68.0 Å². The molecule has 5 nitrogen and oxygen atoms in total. The Bertz CT molecular complexity index is 899. The van der Waals surface area contributed by atoms with Crippen LogP contribution in [0.5, 0.6) is 0 Å². The van der Waals surface area contributed by atoms with Gasteiger partial charge in [0.15, 0.2) is 0 Å². The Balaban J connectivity index is 1.68. The zero-order valence-electron chi connectivity index (χ0n) is 12.1. The van der Waals surface area contributed by atoms with Crippen LogP contribution in [0.2, 0.25) is 10.0 Å². The Hall–Kier alpha value is -2.44. The third-order valence-electron chi connectivity index (χ3n) is 3.13. The fraction of sp³-hybridized carbons (Fsp3) is 0.0625. The highest BCUT2D eigenvalue weighted by atomic mass is 35.5. The lowest BCUT2D eigenvalue weighted by atomic mass is 10.2. The van der Waals surface area contributed by atoms with E-state index in [0.29, 0.717) is 16.4 Å². The molecule has 0 bridgehead atoms. The number of halogens is 3. The molecule has 2 aromatic carbocycles. The van der Waals surface area contributed by atoms with E-state index in [0.717, 1.165) is 6.07 Å². The van der Waals surface area contributed by atoms with Crippen molar-refractivity contribution < 1.29 is 13.7 Å². The van der Waals surface area contributed by atoms with Gasteiger partial charge in [0.25, 0.3) is 5.91 Å². The normalized spacial score (nSPS) is 10.6. The van der Waals surface area contributed by atoms with E-state index in [1.54, 1.807) is 24.3 Å². The van der Waals surface area contributed by atoms with Crippen LogP contribution in [0.15, 0.2) is 47.0 Å². The van der Waals surface area contributed by atoms with Gasteiger partial charge in [0.05, 0.1) is 12.1 Å². The van der Waals surface area contributed by atoms with Crippen LogP contribution in [0, 0.1) is 5.82 Å². The van der Waals surface area contributed by atoms with Gasteiger partial charge in [0.1, 0.15) is 5.82 Å². The molecule has 1 aromatic heterocycles. The van der Waals surface area contributed by atoms with Crippen LogP contribution in [-0.2, 0) is 6.54 Å². The molecule has 0 spiro atoms. The Kier molecular flexibility index (Phi) is 4.78. The minimum absolute atomic E-state index is 0.0333. The van der Waals surface area contributed by atoms with Crippen molar-refractivity contribution in [1.82, 2.24) is 15.5 Å². The summed E-state index contributed by atoms with van der Waals surface area (Å²) >= 11 is 11.6. The van der Waals surface area contributed by atoms with Gasteiger partial charge in [0.2, 0.25) is 11.7 Å². The molecule has 122 valence electrons. The van der Waals surface area contributed by atoms with E-state index >= 15 is 0 Å². The second-order valence-electron chi connectivity index (χ2n) is 4.83. The lowest BCUT2D eigenvalue weighted by molar-refractivity contribution is 0.0942. The van der Waals surface area contributed by atoms with Gasteiger partial charge in [-0.1, -0.05) is 40.5 Å². The predicted octanol–water partition coefficient (Wildman–Crippen LogP) is 4.11. The quantitative estimate of drug-likeness (QED) is 0.755. The molecule has 0 saturated carbocycles. The maximum atomic E-state index is 13.7. The van der Waals surface area contributed by atoms with Crippen molar-refractivity contribution in [3.8, 4) is 11.4 Å². The van der Waals surface area contributed by atoms with E-state index in [4.69, 9.17) is 27.7 Å². The van der Waals surface area contributed by atoms with Gasteiger partial charge in [-0.05, 0) is 30.3 Å². The third-order valence-corrected chi connectivity index (χ3v) is 3.60. The van der Waals surface area contributed by atoms with Crippen molar-refractivity contribution in [2.45, 2.75) is 6.54 Å². The summed E-state index contributed by atoms with van der Waals surface area (Å²) in [6.07, 6.45) is 0. The average Bonchev–Trinajstić information content (AvgIpc) is 3.01. The zero-order valence-corrected chi connectivity index (χ0v) is 13.6. The highest BCUT2D eigenvalue weighted by Crippen LogP contribution is 2.20. The first-order chi connectivity index (χ1) is 11.5. The number of aromatic nitrogens is 2. The molecule has 0 unspecified atom stereocenters. The van der Waals surface area contributed by atoms with Gasteiger partial charge in [-0.3, -0.25) is 4.79 Å². The van der Waals surface area contributed by atoms with Crippen LogP contribution in [0.25, 0.3) is 11.4 Å². The highest BCUT2D eigenvalue weighted by molar-refractivity contribution is 6.31. The number of rotatable bonds is 4. The molecular formula is C16H10Cl2FN3O2. The number of carbonyl (C=O) groups excluding carboxylic acids is 1. The van der Waals surface area contributed by atoms with Crippen molar-refractivity contribution >= 4 is 29.1 Å². The average molecular weight is 366 g/mol. The lowest BCUT2D eigenvalue weighted by Gasteiger charge is -2.03. The van der Waals surface area contributed by atoms with E-state index in [2.05, 4.69) is 15.5 Å². The molecule has 0 saturated heterocycles. The summed E-state index contributed by atoms with van der Waals surface area (Å²) in [5.41, 5.74) is 0.571. The molecule has 1 amide bonds. The number of amides is 1. The zero-order chi connectivity index (χ0) is 17.1. The maximum absolute atomic E-state index is 13.7. The van der Waals surface area contributed by atoms with Crippen LogP contribution in [0.1, 0.15) is 16.2 Å². The van der Waals surface area contributed by atoms with Gasteiger partial charge in [0, 0.05) is 15.6 Å². The fourth-order valence-electron chi connectivity index (χ4n) is 2.00. The summed E-state index contributed by atoms with van der Waals surface area (Å²) in [5, 5.41) is 7.09. The van der Waals surface area contributed by atoms with Gasteiger partial charge < -0.3 is 9.84 Å². The smallest absolute Gasteiger partial charge is 0.254 e. The second kappa shape index (κ2) is 6.98. The monoisotopic (exact) mass is 365 g/mol. The number of carbonyl (C=O) groups is 1. The Labute approximate surface area is 146 Å². The molecule has 1 heterocycles. The summed E-state index contributed by atoms with van der Waals surface area (Å²) in [6, 6.07) is 10.8. The minimum atomic E-state index is -0.704. The summed E-state index contributed by atoms with van der Waals surface area (Å²) in [5.74, 6) is -0.774. The molecule has 24 heavy (non-hydrogen) atoms. The summed E-state index contributed by atoms with van der Waals surface area (Å²) in [4.78, 5) is 16.1. The minimum Gasteiger partial charge on any atom is -0.343 e. The van der Waals surface area contributed by atoms with Crippen molar-refractivity contribution in [3.63, 3.8) is 0 Å². The number of nitrogens with one attached hydrogen (secondary N) is 1. The molecule has 1 N–H and O–H groups in total. The van der Waals surface area contributed by atoms with Crippen LogP contribution in [-0.4, -0.2) is 16.0 Å².